The number of benzene rings is 1. The van der Waals surface area contributed by atoms with Crippen molar-refractivity contribution in [1.82, 2.24) is 4.72 Å². The molecule has 0 bridgehead atoms. The molecule has 1 heterocycles. The highest BCUT2D eigenvalue weighted by atomic mass is 32.2. The van der Waals surface area contributed by atoms with E-state index < -0.39 is 10.0 Å². The van der Waals surface area contributed by atoms with Crippen LogP contribution in [-0.4, -0.2) is 37.5 Å². The van der Waals surface area contributed by atoms with Crippen LogP contribution in [0.2, 0.25) is 0 Å². The van der Waals surface area contributed by atoms with Crippen molar-refractivity contribution >= 4 is 33.5 Å². The minimum Gasteiger partial charge on any atom is -0.210 e. The van der Waals surface area contributed by atoms with Gasteiger partial charge in [0.1, 0.15) is 0 Å². The zero-order valence-electron chi connectivity index (χ0n) is 13.0. The van der Waals surface area contributed by atoms with Gasteiger partial charge >= 0.3 is 0 Å². The second kappa shape index (κ2) is 6.94. The second-order valence-electron chi connectivity index (χ2n) is 5.51. The quantitative estimate of drug-likeness (QED) is 0.911. The molecule has 0 aromatic heterocycles. The summed E-state index contributed by atoms with van der Waals surface area (Å²) in [5, 5.41) is 0.380. The topological polar surface area (TPSA) is 46.2 Å². The van der Waals surface area contributed by atoms with Gasteiger partial charge in [-0.2, -0.15) is 23.5 Å². The van der Waals surface area contributed by atoms with Crippen molar-refractivity contribution in [3.05, 3.63) is 28.3 Å². The number of hydrogen-bond acceptors (Lipinski definition) is 4. The van der Waals surface area contributed by atoms with E-state index in [1.54, 1.807) is 0 Å². The maximum Gasteiger partial charge on any atom is 0.241 e. The molecule has 2 rings (SSSR count). The van der Waals surface area contributed by atoms with E-state index in [9.17, 15) is 8.42 Å². The lowest BCUT2D eigenvalue weighted by atomic mass is 10.0. The van der Waals surface area contributed by atoms with Gasteiger partial charge in [-0.3, -0.25) is 0 Å². The third-order valence-corrected chi connectivity index (χ3v) is 8.49. The molecule has 21 heavy (non-hydrogen) atoms. The Balaban J connectivity index is 2.23. The highest BCUT2D eigenvalue weighted by Gasteiger charge is 2.24. The molecule has 1 aromatic carbocycles. The van der Waals surface area contributed by atoms with Crippen LogP contribution in [-0.2, 0) is 10.0 Å². The number of aryl methyl sites for hydroxylation is 2. The van der Waals surface area contributed by atoms with Gasteiger partial charge in [0, 0.05) is 29.1 Å². The maximum atomic E-state index is 12.7. The fourth-order valence-corrected chi connectivity index (χ4v) is 6.92. The Morgan fingerprint density at radius 1 is 1.14 bits per heavy atom. The van der Waals surface area contributed by atoms with E-state index in [2.05, 4.69) is 10.8 Å². The molecule has 1 fully saturated rings. The van der Waals surface area contributed by atoms with E-state index in [-0.39, 0.29) is 0 Å². The lowest BCUT2D eigenvalue weighted by Gasteiger charge is -2.22. The number of rotatable bonds is 4. The van der Waals surface area contributed by atoms with Gasteiger partial charge in [-0.15, -0.1) is 0 Å². The van der Waals surface area contributed by atoms with Crippen molar-refractivity contribution in [1.29, 1.82) is 0 Å². The predicted molar refractivity (Wildman–Crippen MR) is 94.1 cm³/mol. The summed E-state index contributed by atoms with van der Waals surface area (Å²) in [5.41, 5.74) is 3.77. The second-order valence-corrected chi connectivity index (χ2v) is 9.77. The van der Waals surface area contributed by atoms with Gasteiger partial charge in [-0.05, 0) is 49.9 Å². The van der Waals surface area contributed by atoms with Gasteiger partial charge in [-0.1, -0.05) is 6.07 Å². The Bertz CT molecular complexity index is 594. The van der Waals surface area contributed by atoms with E-state index in [0.29, 0.717) is 16.7 Å². The van der Waals surface area contributed by atoms with Crippen molar-refractivity contribution in [2.45, 2.75) is 37.8 Å². The van der Waals surface area contributed by atoms with Crippen LogP contribution >= 0.6 is 23.5 Å². The minimum atomic E-state index is -3.44. The molecule has 3 nitrogen and oxygen atoms in total. The summed E-state index contributed by atoms with van der Waals surface area (Å²) in [7, 11) is -3.44. The molecule has 1 N–H and O–H groups in total. The summed E-state index contributed by atoms with van der Waals surface area (Å²) in [6.45, 7) is 8.23. The van der Waals surface area contributed by atoms with Crippen LogP contribution in [0.4, 0.5) is 0 Å². The molecule has 0 saturated carbocycles. The van der Waals surface area contributed by atoms with Crippen molar-refractivity contribution in [2.24, 2.45) is 0 Å². The van der Waals surface area contributed by atoms with Gasteiger partial charge in [0.05, 0.1) is 4.90 Å². The molecular weight excluding hydrogens is 322 g/mol. The lowest BCUT2D eigenvalue weighted by molar-refractivity contribution is 0.580. The molecule has 6 heteroatoms. The fraction of sp³-hybridized carbons (Fsp3) is 0.600. The van der Waals surface area contributed by atoms with Gasteiger partial charge in [0.15, 0.2) is 0 Å². The van der Waals surface area contributed by atoms with Crippen LogP contribution in [0, 0.1) is 27.7 Å². The molecule has 1 unspecified atom stereocenters. The Morgan fingerprint density at radius 2 is 1.76 bits per heavy atom. The molecular formula is C15H23NO2S3. The van der Waals surface area contributed by atoms with Crippen LogP contribution in [0.25, 0.3) is 0 Å². The van der Waals surface area contributed by atoms with E-state index in [1.165, 1.54) is 5.75 Å². The van der Waals surface area contributed by atoms with Crippen molar-refractivity contribution < 1.29 is 8.42 Å². The normalized spacial score (nSPS) is 19.7. The molecule has 0 radical (unpaired) electrons. The minimum absolute atomic E-state index is 0.380. The molecule has 118 valence electrons. The monoisotopic (exact) mass is 345 g/mol. The molecule has 1 aliphatic rings. The molecule has 1 aromatic rings. The zero-order chi connectivity index (χ0) is 15.6. The Kier molecular flexibility index (Phi) is 5.68. The van der Waals surface area contributed by atoms with Gasteiger partial charge in [0.2, 0.25) is 10.0 Å². The fourth-order valence-electron chi connectivity index (χ4n) is 2.51. The van der Waals surface area contributed by atoms with Crippen LogP contribution in [0.5, 0.6) is 0 Å². The van der Waals surface area contributed by atoms with E-state index >= 15 is 0 Å². The average Bonchev–Trinajstić information content (AvgIpc) is 2.44. The molecule has 0 spiro atoms. The molecule has 1 saturated heterocycles. The first-order valence-corrected chi connectivity index (χ1v) is 10.8. The van der Waals surface area contributed by atoms with E-state index in [0.717, 1.165) is 33.8 Å². The summed E-state index contributed by atoms with van der Waals surface area (Å²) in [6, 6.07) is 2.05. The lowest BCUT2D eigenvalue weighted by Crippen LogP contribution is -2.34. The van der Waals surface area contributed by atoms with Gasteiger partial charge < -0.3 is 0 Å². The first-order valence-electron chi connectivity index (χ1n) is 7.09. The van der Waals surface area contributed by atoms with E-state index in [1.807, 2.05) is 51.2 Å². The standard InChI is InChI=1S/C15H23NO2S3/c1-10-7-11(2)13(4)15(12(10)3)21(17,18)16-8-14-9-19-5-6-20-14/h7,14,16H,5-6,8-9H2,1-4H3. The predicted octanol–water partition coefficient (Wildman–Crippen LogP) is 3.05. The molecule has 1 aliphatic heterocycles. The summed E-state index contributed by atoms with van der Waals surface area (Å²) < 4.78 is 28.2. The summed E-state index contributed by atoms with van der Waals surface area (Å²) in [4.78, 5) is 0.466. The van der Waals surface area contributed by atoms with Crippen LogP contribution in [0.3, 0.4) is 0 Å². The smallest absolute Gasteiger partial charge is 0.210 e. The molecule has 0 aliphatic carbocycles. The van der Waals surface area contributed by atoms with Crippen LogP contribution in [0.1, 0.15) is 22.3 Å². The SMILES string of the molecule is Cc1cc(C)c(C)c(S(=O)(=O)NCC2CSCCS2)c1C. The van der Waals surface area contributed by atoms with Crippen molar-refractivity contribution in [3.63, 3.8) is 0 Å². The molecule has 0 amide bonds. The van der Waals surface area contributed by atoms with Crippen molar-refractivity contribution in [2.75, 3.05) is 23.8 Å². The van der Waals surface area contributed by atoms with Gasteiger partial charge in [-0.25, -0.2) is 13.1 Å². The number of thioether (sulfide) groups is 2. The van der Waals surface area contributed by atoms with Crippen LogP contribution < -0.4 is 4.72 Å². The Hall–Kier alpha value is -0.170. The van der Waals surface area contributed by atoms with Crippen molar-refractivity contribution in [3.8, 4) is 0 Å². The first-order chi connectivity index (χ1) is 9.83. The first kappa shape index (κ1) is 17.2. The third-order valence-electron chi connectivity index (χ3n) is 3.95. The summed E-state index contributed by atoms with van der Waals surface area (Å²) >= 11 is 3.77. The number of nitrogens with one attached hydrogen (secondary N) is 1. The number of sulfonamides is 1. The van der Waals surface area contributed by atoms with Crippen LogP contribution in [0.15, 0.2) is 11.0 Å². The Labute approximate surface area is 136 Å². The molecule has 1 atom stereocenters. The summed E-state index contributed by atoms with van der Waals surface area (Å²) in [6.07, 6.45) is 0. The largest absolute Gasteiger partial charge is 0.241 e. The maximum absolute atomic E-state index is 12.7. The highest BCUT2D eigenvalue weighted by molar-refractivity contribution is 8.06. The summed E-state index contributed by atoms with van der Waals surface area (Å²) in [5.74, 6) is 3.31. The third kappa shape index (κ3) is 3.97. The average molecular weight is 346 g/mol. The highest BCUT2D eigenvalue weighted by Crippen LogP contribution is 2.27. The number of hydrogen-bond donors (Lipinski definition) is 1. The Morgan fingerprint density at radius 3 is 2.29 bits per heavy atom. The van der Waals surface area contributed by atoms with E-state index in [4.69, 9.17) is 0 Å². The van der Waals surface area contributed by atoms with Gasteiger partial charge in [0.25, 0.3) is 0 Å². The zero-order valence-corrected chi connectivity index (χ0v) is 15.5.